The smallest absolute Gasteiger partial charge is 0.253 e. The van der Waals surface area contributed by atoms with Gasteiger partial charge >= 0.3 is 0 Å². The molecule has 0 atom stereocenters. The highest BCUT2D eigenvalue weighted by atomic mass is 79.9. The highest BCUT2D eigenvalue weighted by Gasteiger charge is 2.20. The Bertz CT molecular complexity index is 362. The molecule has 0 fully saturated rings. The average molecular weight is 240 g/mol. The van der Waals surface area contributed by atoms with E-state index in [0.717, 1.165) is 28.6 Å². The quantitative estimate of drug-likeness (QED) is 0.679. The average Bonchev–Trinajstić information content (AvgIpc) is 2.12. The Labute approximate surface area is 85.7 Å². The van der Waals surface area contributed by atoms with Gasteiger partial charge in [0, 0.05) is 23.6 Å². The standard InChI is InChI=1S/C10H10BrNO/c1-12-5-4-7-6-8(11)2-3-9(7)10(12)13/h2-3,6H,4-5H2,1H3. The number of fused-ring (bicyclic) bond motifs is 1. The minimum absolute atomic E-state index is 0.133. The molecule has 3 heteroatoms. The van der Waals surface area contributed by atoms with E-state index in [1.54, 1.807) is 4.90 Å². The molecule has 0 aromatic heterocycles. The van der Waals surface area contributed by atoms with Crippen molar-refractivity contribution in [1.82, 2.24) is 4.90 Å². The van der Waals surface area contributed by atoms with Gasteiger partial charge in [-0.05, 0) is 30.2 Å². The van der Waals surface area contributed by atoms with Crippen LogP contribution in [0.25, 0.3) is 0 Å². The maximum absolute atomic E-state index is 11.6. The Hall–Kier alpha value is -0.830. The van der Waals surface area contributed by atoms with Crippen molar-refractivity contribution in [3.05, 3.63) is 33.8 Å². The van der Waals surface area contributed by atoms with E-state index < -0.39 is 0 Å². The van der Waals surface area contributed by atoms with Gasteiger partial charge in [0.15, 0.2) is 0 Å². The molecule has 0 saturated carbocycles. The van der Waals surface area contributed by atoms with E-state index in [1.165, 1.54) is 0 Å². The van der Waals surface area contributed by atoms with Crippen molar-refractivity contribution < 1.29 is 4.79 Å². The Morgan fingerprint density at radius 1 is 1.46 bits per heavy atom. The van der Waals surface area contributed by atoms with Crippen LogP contribution in [0.2, 0.25) is 0 Å². The third kappa shape index (κ3) is 1.48. The molecular weight excluding hydrogens is 230 g/mol. The Balaban J connectivity index is 2.50. The van der Waals surface area contributed by atoms with Crippen LogP contribution in [0.4, 0.5) is 0 Å². The van der Waals surface area contributed by atoms with Crippen molar-refractivity contribution in [2.45, 2.75) is 6.42 Å². The first kappa shape index (κ1) is 8.75. The predicted molar refractivity (Wildman–Crippen MR) is 54.8 cm³/mol. The minimum Gasteiger partial charge on any atom is -0.341 e. The molecule has 0 aliphatic carbocycles. The molecule has 0 unspecified atom stereocenters. The first-order valence-electron chi connectivity index (χ1n) is 4.22. The fraction of sp³-hybridized carbons (Fsp3) is 0.300. The summed E-state index contributed by atoms with van der Waals surface area (Å²) < 4.78 is 1.05. The first-order valence-corrected chi connectivity index (χ1v) is 5.01. The molecule has 1 aromatic carbocycles. The van der Waals surface area contributed by atoms with Crippen molar-refractivity contribution in [3.8, 4) is 0 Å². The molecule has 1 heterocycles. The summed E-state index contributed by atoms with van der Waals surface area (Å²) in [7, 11) is 1.84. The second kappa shape index (κ2) is 3.14. The molecule has 68 valence electrons. The van der Waals surface area contributed by atoms with E-state index in [9.17, 15) is 4.79 Å². The molecule has 1 amide bonds. The molecule has 1 aliphatic rings. The highest BCUT2D eigenvalue weighted by molar-refractivity contribution is 9.10. The number of benzene rings is 1. The van der Waals surface area contributed by atoms with Crippen molar-refractivity contribution in [2.75, 3.05) is 13.6 Å². The molecule has 0 radical (unpaired) electrons. The van der Waals surface area contributed by atoms with Gasteiger partial charge in [0.05, 0.1) is 0 Å². The maximum Gasteiger partial charge on any atom is 0.253 e. The molecule has 13 heavy (non-hydrogen) atoms. The fourth-order valence-electron chi connectivity index (χ4n) is 1.57. The summed E-state index contributed by atoms with van der Waals surface area (Å²) in [6.45, 7) is 0.822. The van der Waals surface area contributed by atoms with Gasteiger partial charge in [-0.15, -0.1) is 0 Å². The van der Waals surface area contributed by atoms with Crippen LogP contribution >= 0.6 is 15.9 Å². The van der Waals surface area contributed by atoms with E-state index in [-0.39, 0.29) is 5.91 Å². The first-order chi connectivity index (χ1) is 6.18. The van der Waals surface area contributed by atoms with Gasteiger partial charge in [-0.2, -0.15) is 0 Å². The van der Waals surface area contributed by atoms with Crippen molar-refractivity contribution >= 4 is 21.8 Å². The van der Waals surface area contributed by atoms with Gasteiger partial charge in [0.1, 0.15) is 0 Å². The van der Waals surface area contributed by atoms with E-state index in [1.807, 2.05) is 25.2 Å². The van der Waals surface area contributed by atoms with Crippen LogP contribution in [0.3, 0.4) is 0 Å². The van der Waals surface area contributed by atoms with Gasteiger partial charge in [0.2, 0.25) is 0 Å². The number of halogens is 1. The summed E-state index contributed by atoms with van der Waals surface area (Å²) >= 11 is 3.40. The largest absolute Gasteiger partial charge is 0.341 e. The van der Waals surface area contributed by atoms with Crippen LogP contribution in [-0.2, 0) is 6.42 Å². The van der Waals surface area contributed by atoms with Gasteiger partial charge in [-0.1, -0.05) is 15.9 Å². The summed E-state index contributed by atoms with van der Waals surface area (Å²) in [5.74, 6) is 0.133. The number of hydrogen-bond donors (Lipinski definition) is 0. The molecular formula is C10H10BrNO. The molecule has 1 aromatic rings. The summed E-state index contributed by atoms with van der Waals surface area (Å²) in [6.07, 6.45) is 0.955. The second-order valence-corrected chi connectivity index (χ2v) is 4.19. The summed E-state index contributed by atoms with van der Waals surface area (Å²) in [6, 6.07) is 5.83. The number of nitrogens with zero attached hydrogens (tertiary/aromatic N) is 1. The lowest BCUT2D eigenvalue weighted by atomic mass is 10.00. The summed E-state index contributed by atoms with van der Waals surface area (Å²) in [5, 5.41) is 0. The molecule has 0 bridgehead atoms. The fourth-order valence-corrected chi connectivity index (χ4v) is 1.98. The zero-order valence-electron chi connectivity index (χ0n) is 7.38. The van der Waals surface area contributed by atoms with Crippen LogP contribution in [-0.4, -0.2) is 24.4 Å². The summed E-state index contributed by atoms with van der Waals surface area (Å²) in [4.78, 5) is 13.4. The number of likely N-dealkylation sites (N-methyl/N-ethyl adjacent to an activating group) is 1. The van der Waals surface area contributed by atoms with Gasteiger partial charge < -0.3 is 4.90 Å². The normalized spacial score (nSPS) is 15.8. The van der Waals surface area contributed by atoms with Crippen molar-refractivity contribution in [3.63, 3.8) is 0 Å². The Kier molecular flexibility index (Phi) is 2.12. The molecule has 1 aliphatic heterocycles. The topological polar surface area (TPSA) is 20.3 Å². The molecule has 2 nitrogen and oxygen atoms in total. The predicted octanol–water partition coefficient (Wildman–Crippen LogP) is 2.08. The third-order valence-electron chi connectivity index (χ3n) is 2.36. The lowest BCUT2D eigenvalue weighted by Crippen LogP contribution is -2.34. The van der Waals surface area contributed by atoms with E-state index >= 15 is 0 Å². The zero-order chi connectivity index (χ0) is 9.42. The lowest BCUT2D eigenvalue weighted by molar-refractivity contribution is 0.0781. The number of hydrogen-bond acceptors (Lipinski definition) is 1. The monoisotopic (exact) mass is 239 g/mol. The summed E-state index contributed by atoms with van der Waals surface area (Å²) in [5.41, 5.74) is 1.99. The Morgan fingerprint density at radius 3 is 3.00 bits per heavy atom. The van der Waals surface area contributed by atoms with Gasteiger partial charge in [-0.3, -0.25) is 4.79 Å². The van der Waals surface area contributed by atoms with Crippen LogP contribution in [0.15, 0.2) is 22.7 Å². The number of carbonyl (C=O) groups excluding carboxylic acids is 1. The number of carbonyl (C=O) groups is 1. The van der Waals surface area contributed by atoms with Crippen molar-refractivity contribution in [2.24, 2.45) is 0 Å². The highest BCUT2D eigenvalue weighted by Crippen LogP contribution is 2.21. The number of rotatable bonds is 0. The molecule has 0 saturated heterocycles. The SMILES string of the molecule is CN1CCc2cc(Br)ccc2C1=O. The third-order valence-corrected chi connectivity index (χ3v) is 2.85. The van der Waals surface area contributed by atoms with E-state index in [4.69, 9.17) is 0 Å². The molecule has 2 rings (SSSR count). The maximum atomic E-state index is 11.6. The zero-order valence-corrected chi connectivity index (χ0v) is 8.97. The minimum atomic E-state index is 0.133. The van der Waals surface area contributed by atoms with Crippen LogP contribution in [0, 0.1) is 0 Å². The van der Waals surface area contributed by atoms with Gasteiger partial charge in [0.25, 0.3) is 5.91 Å². The van der Waals surface area contributed by atoms with Crippen molar-refractivity contribution in [1.29, 1.82) is 0 Å². The Morgan fingerprint density at radius 2 is 2.23 bits per heavy atom. The molecule has 0 spiro atoms. The van der Waals surface area contributed by atoms with Crippen LogP contribution in [0.1, 0.15) is 15.9 Å². The molecule has 0 N–H and O–H groups in total. The van der Waals surface area contributed by atoms with Gasteiger partial charge in [-0.25, -0.2) is 0 Å². The van der Waals surface area contributed by atoms with E-state index in [2.05, 4.69) is 15.9 Å². The number of amides is 1. The van der Waals surface area contributed by atoms with Crippen LogP contribution < -0.4 is 0 Å². The lowest BCUT2D eigenvalue weighted by Gasteiger charge is -2.24. The van der Waals surface area contributed by atoms with Crippen LogP contribution in [0.5, 0.6) is 0 Å². The second-order valence-electron chi connectivity index (χ2n) is 3.28. The van der Waals surface area contributed by atoms with E-state index in [0.29, 0.717) is 0 Å².